The van der Waals surface area contributed by atoms with E-state index in [0.29, 0.717) is 5.92 Å². The highest BCUT2D eigenvalue weighted by molar-refractivity contribution is 7.10. The van der Waals surface area contributed by atoms with E-state index in [1.807, 2.05) is 7.05 Å². The minimum absolute atomic E-state index is 0. The van der Waals surface area contributed by atoms with E-state index in [4.69, 9.17) is 4.74 Å². The summed E-state index contributed by atoms with van der Waals surface area (Å²) in [6, 6.07) is 19.0. The number of thiophene rings is 1. The van der Waals surface area contributed by atoms with E-state index in [9.17, 15) is 0 Å². The standard InChI is InChI=1S/C19H19NOS.ClH/c1-20-13-15-12-19(15,18-10-5-11-22-18)21-17-9-4-7-14-6-2-3-8-16(14)17;/h2-11,15,20H,12-13H2,1H3;1H/t15-,19+;/m1./s1. The zero-order chi connectivity index (χ0) is 15.0. The van der Waals surface area contributed by atoms with Crippen molar-refractivity contribution in [3.8, 4) is 5.75 Å². The number of rotatable bonds is 5. The van der Waals surface area contributed by atoms with Crippen LogP contribution >= 0.6 is 23.7 Å². The smallest absolute Gasteiger partial charge is 0.148 e. The molecular weight excluding hydrogens is 326 g/mol. The molecule has 1 aromatic heterocycles. The fourth-order valence-corrected chi connectivity index (χ4v) is 4.22. The van der Waals surface area contributed by atoms with E-state index in [-0.39, 0.29) is 18.0 Å². The topological polar surface area (TPSA) is 21.3 Å². The summed E-state index contributed by atoms with van der Waals surface area (Å²) in [5.74, 6) is 1.53. The number of ether oxygens (including phenoxy) is 1. The number of hydrogen-bond donors (Lipinski definition) is 1. The molecule has 2 nitrogen and oxygen atoms in total. The van der Waals surface area contributed by atoms with Gasteiger partial charge in [0.15, 0.2) is 0 Å². The van der Waals surface area contributed by atoms with E-state index in [2.05, 4.69) is 65.3 Å². The Bertz CT molecular complexity index is 784. The lowest BCUT2D eigenvalue weighted by Gasteiger charge is -2.20. The average Bonchev–Trinajstić information content (AvgIpc) is 2.99. The van der Waals surface area contributed by atoms with Crippen LogP contribution in [0, 0.1) is 5.92 Å². The molecule has 2 aromatic carbocycles. The molecule has 1 N–H and O–H groups in total. The van der Waals surface area contributed by atoms with Gasteiger partial charge in [-0.15, -0.1) is 23.7 Å². The van der Waals surface area contributed by atoms with Gasteiger partial charge in [0, 0.05) is 29.1 Å². The van der Waals surface area contributed by atoms with Crippen molar-refractivity contribution in [2.24, 2.45) is 5.92 Å². The molecule has 1 heterocycles. The van der Waals surface area contributed by atoms with Gasteiger partial charge in [-0.1, -0.05) is 42.5 Å². The van der Waals surface area contributed by atoms with E-state index in [1.165, 1.54) is 15.6 Å². The van der Waals surface area contributed by atoms with Gasteiger partial charge in [-0.3, -0.25) is 0 Å². The fraction of sp³-hybridized carbons (Fsp3) is 0.263. The molecule has 1 fully saturated rings. The highest BCUT2D eigenvalue weighted by Crippen LogP contribution is 2.56. The Kier molecular flexibility index (Phi) is 4.62. The van der Waals surface area contributed by atoms with Crippen LogP contribution in [0.3, 0.4) is 0 Å². The first kappa shape index (κ1) is 16.3. The zero-order valence-electron chi connectivity index (χ0n) is 13.0. The van der Waals surface area contributed by atoms with Gasteiger partial charge in [0.25, 0.3) is 0 Å². The molecule has 0 amide bonds. The van der Waals surface area contributed by atoms with Gasteiger partial charge in [-0.05, 0) is 29.9 Å². The Morgan fingerprint density at radius 2 is 1.96 bits per heavy atom. The summed E-state index contributed by atoms with van der Waals surface area (Å²) in [5, 5.41) is 7.85. The summed E-state index contributed by atoms with van der Waals surface area (Å²) in [6.45, 7) is 0.989. The second kappa shape index (κ2) is 6.52. The van der Waals surface area contributed by atoms with Crippen molar-refractivity contribution in [2.75, 3.05) is 13.6 Å². The summed E-state index contributed by atoms with van der Waals surface area (Å²) in [4.78, 5) is 1.33. The molecule has 2 atom stereocenters. The summed E-state index contributed by atoms with van der Waals surface area (Å²) in [7, 11) is 2.01. The molecule has 4 heteroatoms. The number of benzene rings is 2. The summed E-state index contributed by atoms with van der Waals surface area (Å²) in [6.07, 6.45) is 1.08. The van der Waals surface area contributed by atoms with Crippen molar-refractivity contribution in [2.45, 2.75) is 12.0 Å². The molecule has 0 radical (unpaired) electrons. The SMILES string of the molecule is CNC[C@H]1C[C@@]1(Oc1cccc2ccccc12)c1cccs1.Cl. The molecule has 23 heavy (non-hydrogen) atoms. The van der Waals surface area contributed by atoms with Crippen LogP contribution in [0.1, 0.15) is 11.3 Å². The molecule has 120 valence electrons. The second-order valence-electron chi connectivity index (χ2n) is 5.90. The minimum atomic E-state index is -0.151. The molecule has 4 rings (SSSR count). The van der Waals surface area contributed by atoms with Crippen LogP contribution in [-0.2, 0) is 5.60 Å². The van der Waals surface area contributed by atoms with Gasteiger partial charge >= 0.3 is 0 Å². The summed E-state index contributed by atoms with van der Waals surface area (Å²) < 4.78 is 6.61. The normalized spacial score (nSPS) is 22.6. The van der Waals surface area contributed by atoms with Crippen molar-refractivity contribution >= 4 is 34.5 Å². The highest BCUT2D eigenvalue weighted by Gasteiger charge is 2.58. The van der Waals surface area contributed by atoms with Gasteiger partial charge in [0.2, 0.25) is 0 Å². The molecule has 0 bridgehead atoms. The van der Waals surface area contributed by atoms with Crippen LogP contribution in [0.15, 0.2) is 60.0 Å². The number of halogens is 1. The molecule has 1 aliphatic carbocycles. The van der Waals surface area contributed by atoms with E-state index < -0.39 is 0 Å². The van der Waals surface area contributed by atoms with Crippen molar-refractivity contribution in [1.82, 2.24) is 5.32 Å². The third kappa shape index (κ3) is 2.85. The van der Waals surface area contributed by atoms with Crippen LogP contribution in [0.4, 0.5) is 0 Å². The van der Waals surface area contributed by atoms with Crippen molar-refractivity contribution in [3.05, 3.63) is 64.9 Å². The van der Waals surface area contributed by atoms with Crippen molar-refractivity contribution in [3.63, 3.8) is 0 Å². The van der Waals surface area contributed by atoms with Gasteiger partial charge < -0.3 is 10.1 Å². The average molecular weight is 346 g/mol. The van der Waals surface area contributed by atoms with Crippen molar-refractivity contribution < 1.29 is 4.74 Å². The first-order chi connectivity index (χ1) is 10.8. The Balaban J connectivity index is 0.00000156. The third-order valence-electron chi connectivity index (χ3n) is 4.48. The molecule has 1 aliphatic rings. The molecule has 0 spiro atoms. The molecular formula is C19H20ClNOS. The molecule has 1 saturated carbocycles. The second-order valence-corrected chi connectivity index (χ2v) is 6.85. The third-order valence-corrected chi connectivity index (χ3v) is 5.51. The predicted molar refractivity (Wildman–Crippen MR) is 99.9 cm³/mol. The zero-order valence-corrected chi connectivity index (χ0v) is 14.6. The molecule has 0 saturated heterocycles. The number of fused-ring (bicyclic) bond motifs is 1. The first-order valence-corrected chi connectivity index (χ1v) is 8.57. The monoisotopic (exact) mass is 345 g/mol. The van der Waals surface area contributed by atoms with Crippen LogP contribution in [-0.4, -0.2) is 13.6 Å². The lowest BCUT2D eigenvalue weighted by Crippen LogP contribution is -2.22. The van der Waals surface area contributed by atoms with Crippen molar-refractivity contribution in [1.29, 1.82) is 0 Å². The van der Waals surface area contributed by atoms with Gasteiger partial charge in [-0.25, -0.2) is 0 Å². The quantitative estimate of drug-likeness (QED) is 0.714. The summed E-state index contributed by atoms with van der Waals surface area (Å²) in [5.41, 5.74) is -0.151. The van der Waals surface area contributed by atoms with E-state index in [1.54, 1.807) is 11.3 Å². The first-order valence-electron chi connectivity index (χ1n) is 7.69. The Morgan fingerprint density at radius 1 is 1.13 bits per heavy atom. The lowest BCUT2D eigenvalue weighted by atomic mass is 10.1. The van der Waals surface area contributed by atoms with Gasteiger partial charge in [0.05, 0.1) is 0 Å². The largest absolute Gasteiger partial charge is 0.481 e. The maximum atomic E-state index is 6.61. The predicted octanol–water partition coefficient (Wildman–Crippen LogP) is 4.84. The molecule has 0 unspecified atom stereocenters. The Morgan fingerprint density at radius 3 is 2.74 bits per heavy atom. The Hall–Kier alpha value is -1.55. The lowest BCUT2D eigenvalue weighted by molar-refractivity contribution is 0.167. The maximum Gasteiger partial charge on any atom is 0.148 e. The van der Waals surface area contributed by atoms with Crippen LogP contribution in [0.2, 0.25) is 0 Å². The summed E-state index contributed by atoms with van der Waals surface area (Å²) >= 11 is 1.79. The number of hydrogen-bond acceptors (Lipinski definition) is 3. The van der Waals surface area contributed by atoms with Gasteiger partial charge in [-0.2, -0.15) is 0 Å². The number of nitrogens with one attached hydrogen (secondary N) is 1. The Labute approximate surface area is 146 Å². The van der Waals surface area contributed by atoms with E-state index in [0.717, 1.165) is 18.7 Å². The fourth-order valence-electron chi connectivity index (χ4n) is 3.27. The van der Waals surface area contributed by atoms with Crippen LogP contribution < -0.4 is 10.1 Å². The van der Waals surface area contributed by atoms with Gasteiger partial charge in [0.1, 0.15) is 11.4 Å². The molecule has 3 aromatic rings. The minimum Gasteiger partial charge on any atom is -0.481 e. The van der Waals surface area contributed by atoms with Crippen LogP contribution in [0.25, 0.3) is 10.8 Å². The molecule has 0 aliphatic heterocycles. The maximum absolute atomic E-state index is 6.61. The van der Waals surface area contributed by atoms with E-state index >= 15 is 0 Å². The highest BCUT2D eigenvalue weighted by atomic mass is 35.5. The van der Waals surface area contributed by atoms with Crippen LogP contribution in [0.5, 0.6) is 5.75 Å².